The summed E-state index contributed by atoms with van der Waals surface area (Å²) in [6, 6.07) is 0.204. The highest BCUT2D eigenvalue weighted by Crippen LogP contribution is 2.37. The maximum atomic E-state index is 12.4. The molecule has 126 valence electrons. The van der Waals surface area contributed by atoms with Gasteiger partial charge < -0.3 is 19.7 Å². The molecule has 1 aliphatic carbocycles. The van der Waals surface area contributed by atoms with Gasteiger partial charge in [0.1, 0.15) is 0 Å². The van der Waals surface area contributed by atoms with E-state index in [9.17, 15) is 4.79 Å². The molecule has 3 rings (SSSR count). The molecule has 2 aliphatic heterocycles. The van der Waals surface area contributed by atoms with Crippen LogP contribution in [0.4, 0.5) is 4.79 Å². The quantitative estimate of drug-likeness (QED) is 0.825. The Bertz CT molecular complexity index is 395. The molecular formula is C16H29N3O3. The van der Waals surface area contributed by atoms with Gasteiger partial charge in [-0.3, -0.25) is 4.90 Å². The van der Waals surface area contributed by atoms with Crippen LogP contribution in [0.2, 0.25) is 0 Å². The van der Waals surface area contributed by atoms with E-state index < -0.39 is 0 Å². The highest BCUT2D eigenvalue weighted by atomic mass is 16.5. The second kappa shape index (κ2) is 6.72. The molecule has 2 saturated heterocycles. The van der Waals surface area contributed by atoms with Crippen LogP contribution in [0.25, 0.3) is 0 Å². The molecule has 2 heterocycles. The third-order valence-electron chi connectivity index (χ3n) is 5.72. The second-order valence-corrected chi connectivity index (χ2v) is 6.90. The van der Waals surface area contributed by atoms with E-state index in [1.807, 2.05) is 11.9 Å². The Balaban J connectivity index is 1.45. The van der Waals surface area contributed by atoms with Crippen molar-refractivity contribution in [2.75, 3.05) is 46.9 Å². The number of carbonyl (C=O) groups excluding carboxylic acids is 1. The summed E-state index contributed by atoms with van der Waals surface area (Å²) >= 11 is 0. The molecule has 3 atom stereocenters. The fraction of sp³-hybridized carbons (Fsp3) is 0.938. The predicted octanol–water partition coefficient (Wildman–Crippen LogP) is 1.06. The van der Waals surface area contributed by atoms with Crippen molar-refractivity contribution >= 4 is 6.03 Å². The van der Waals surface area contributed by atoms with Gasteiger partial charge in [0.15, 0.2) is 0 Å². The standard InChI is InChI=1S/C16H29N3O3/c1-18(13-4-9-19-10-11-22-14(13)12-19)15(20)17-8-7-16(21-2)5-3-6-16/h13-14H,3-12H2,1-2H3,(H,17,20). The van der Waals surface area contributed by atoms with Gasteiger partial charge in [0.25, 0.3) is 0 Å². The van der Waals surface area contributed by atoms with Crippen molar-refractivity contribution in [2.24, 2.45) is 0 Å². The minimum atomic E-state index is 0.0122. The molecule has 6 heteroatoms. The van der Waals surface area contributed by atoms with Gasteiger partial charge in [0.2, 0.25) is 0 Å². The lowest BCUT2D eigenvalue weighted by Crippen LogP contribution is -2.60. The number of hydrogen-bond donors (Lipinski definition) is 1. The van der Waals surface area contributed by atoms with Crippen molar-refractivity contribution in [1.29, 1.82) is 0 Å². The number of carbonyl (C=O) groups is 1. The SMILES string of the molecule is COC1(CCNC(=O)N(C)C2CCN3CCOC2C3)CCC1. The van der Waals surface area contributed by atoms with Gasteiger partial charge in [-0.2, -0.15) is 0 Å². The largest absolute Gasteiger partial charge is 0.378 e. The maximum Gasteiger partial charge on any atom is 0.317 e. The molecule has 3 aliphatic rings. The van der Waals surface area contributed by atoms with Crippen LogP contribution in [0.15, 0.2) is 0 Å². The number of urea groups is 1. The summed E-state index contributed by atoms with van der Waals surface area (Å²) in [4.78, 5) is 16.7. The average molecular weight is 311 g/mol. The van der Waals surface area contributed by atoms with Crippen LogP contribution in [-0.2, 0) is 9.47 Å². The van der Waals surface area contributed by atoms with Crippen molar-refractivity contribution in [1.82, 2.24) is 15.1 Å². The molecule has 0 radical (unpaired) electrons. The molecular weight excluding hydrogens is 282 g/mol. The summed E-state index contributed by atoms with van der Waals surface area (Å²) < 4.78 is 11.4. The summed E-state index contributed by atoms with van der Waals surface area (Å²) in [5, 5.41) is 3.05. The normalized spacial score (nSPS) is 32.9. The fourth-order valence-corrected chi connectivity index (χ4v) is 3.91. The van der Waals surface area contributed by atoms with E-state index in [0.717, 1.165) is 51.9 Å². The molecule has 6 nitrogen and oxygen atoms in total. The zero-order valence-electron chi connectivity index (χ0n) is 13.8. The van der Waals surface area contributed by atoms with Crippen LogP contribution in [-0.4, -0.2) is 80.5 Å². The molecule has 22 heavy (non-hydrogen) atoms. The number of rotatable bonds is 5. The second-order valence-electron chi connectivity index (χ2n) is 6.90. The molecule has 2 bridgehead atoms. The number of morpholine rings is 1. The number of nitrogens with one attached hydrogen (secondary N) is 1. The van der Waals surface area contributed by atoms with Gasteiger partial charge in [-0.05, 0) is 32.1 Å². The van der Waals surface area contributed by atoms with Gasteiger partial charge in [0.05, 0.1) is 24.4 Å². The van der Waals surface area contributed by atoms with E-state index in [-0.39, 0.29) is 23.8 Å². The number of amides is 2. The zero-order valence-corrected chi connectivity index (χ0v) is 13.8. The maximum absolute atomic E-state index is 12.4. The van der Waals surface area contributed by atoms with Crippen LogP contribution >= 0.6 is 0 Å². The molecule has 0 spiro atoms. The minimum Gasteiger partial charge on any atom is -0.378 e. The Hall–Kier alpha value is -0.850. The zero-order chi connectivity index (χ0) is 15.6. The Morgan fingerprint density at radius 2 is 2.27 bits per heavy atom. The Morgan fingerprint density at radius 1 is 1.45 bits per heavy atom. The first kappa shape index (κ1) is 16.0. The summed E-state index contributed by atoms with van der Waals surface area (Å²) in [5.74, 6) is 0. The molecule has 1 N–H and O–H groups in total. The number of piperidine rings is 1. The van der Waals surface area contributed by atoms with Crippen LogP contribution in [0.5, 0.6) is 0 Å². The van der Waals surface area contributed by atoms with E-state index >= 15 is 0 Å². The highest BCUT2D eigenvalue weighted by molar-refractivity contribution is 5.74. The van der Waals surface area contributed by atoms with E-state index in [0.29, 0.717) is 6.54 Å². The third kappa shape index (κ3) is 3.24. The lowest BCUT2D eigenvalue weighted by atomic mass is 9.77. The van der Waals surface area contributed by atoms with Crippen molar-refractivity contribution in [3.05, 3.63) is 0 Å². The molecule has 0 aromatic rings. The predicted molar refractivity (Wildman–Crippen MR) is 84.0 cm³/mol. The Kier molecular flexibility index (Phi) is 4.90. The number of likely N-dealkylation sites (N-methyl/N-ethyl adjacent to an activating group) is 1. The minimum absolute atomic E-state index is 0.0122. The average Bonchev–Trinajstić information content (AvgIpc) is 2.49. The Labute approximate surface area is 133 Å². The summed E-state index contributed by atoms with van der Waals surface area (Å²) in [6.07, 6.45) is 5.53. The first-order chi connectivity index (χ1) is 10.6. The van der Waals surface area contributed by atoms with Crippen molar-refractivity contribution in [3.8, 4) is 0 Å². The van der Waals surface area contributed by atoms with E-state index in [4.69, 9.17) is 9.47 Å². The van der Waals surface area contributed by atoms with Crippen molar-refractivity contribution < 1.29 is 14.3 Å². The van der Waals surface area contributed by atoms with Gasteiger partial charge in [0, 0.05) is 40.3 Å². The van der Waals surface area contributed by atoms with Gasteiger partial charge >= 0.3 is 6.03 Å². The molecule has 0 aromatic carbocycles. The van der Waals surface area contributed by atoms with Crippen LogP contribution in [0.3, 0.4) is 0 Å². The molecule has 1 saturated carbocycles. The number of hydrogen-bond acceptors (Lipinski definition) is 4. The number of nitrogens with zero attached hydrogens (tertiary/aromatic N) is 2. The van der Waals surface area contributed by atoms with Gasteiger partial charge in [-0.25, -0.2) is 4.79 Å². The smallest absolute Gasteiger partial charge is 0.317 e. The van der Waals surface area contributed by atoms with E-state index in [2.05, 4.69) is 10.2 Å². The van der Waals surface area contributed by atoms with Crippen LogP contribution in [0, 0.1) is 0 Å². The van der Waals surface area contributed by atoms with Crippen molar-refractivity contribution in [3.63, 3.8) is 0 Å². The molecule has 0 aromatic heterocycles. The first-order valence-corrected chi connectivity index (χ1v) is 8.53. The summed E-state index contributed by atoms with van der Waals surface area (Å²) in [6.45, 7) is 4.51. The van der Waals surface area contributed by atoms with Crippen LogP contribution < -0.4 is 5.32 Å². The third-order valence-corrected chi connectivity index (χ3v) is 5.72. The van der Waals surface area contributed by atoms with Gasteiger partial charge in [-0.1, -0.05) is 0 Å². The lowest BCUT2D eigenvalue weighted by molar-refractivity contribution is -0.0890. The highest BCUT2D eigenvalue weighted by Gasteiger charge is 2.38. The monoisotopic (exact) mass is 311 g/mol. The van der Waals surface area contributed by atoms with E-state index in [1.54, 1.807) is 7.11 Å². The van der Waals surface area contributed by atoms with Crippen LogP contribution in [0.1, 0.15) is 32.1 Å². The first-order valence-electron chi connectivity index (χ1n) is 8.53. The molecule has 3 fully saturated rings. The number of ether oxygens (including phenoxy) is 2. The topological polar surface area (TPSA) is 54.0 Å². The number of fused-ring (bicyclic) bond motifs is 2. The molecule has 2 amide bonds. The Morgan fingerprint density at radius 3 is 2.95 bits per heavy atom. The van der Waals surface area contributed by atoms with E-state index in [1.165, 1.54) is 6.42 Å². The summed E-state index contributed by atoms with van der Waals surface area (Å²) in [7, 11) is 3.67. The lowest BCUT2D eigenvalue weighted by Gasteiger charge is -2.45. The fourth-order valence-electron chi connectivity index (χ4n) is 3.91. The molecule has 3 unspecified atom stereocenters. The van der Waals surface area contributed by atoms with Gasteiger partial charge in [-0.15, -0.1) is 0 Å². The number of methoxy groups -OCH3 is 1. The summed E-state index contributed by atoms with van der Waals surface area (Å²) in [5.41, 5.74) is 0.0175. The van der Waals surface area contributed by atoms with Crippen molar-refractivity contribution in [2.45, 2.75) is 49.9 Å².